The fourth-order valence-corrected chi connectivity index (χ4v) is 5.11. The predicted molar refractivity (Wildman–Crippen MR) is 96.6 cm³/mol. The minimum Gasteiger partial charge on any atom is -0.306 e. The Morgan fingerprint density at radius 3 is 3.00 bits per heavy atom. The highest BCUT2D eigenvalue weighted by Crippen LogP contribution is 2.25. The van der Waals surface area contributed by atoms with Crippen LogP contribution in [0.25, 0.3) is 0 Å². The van der Waals surface area contributed by atoms with E-state index in [0.29, 0.717) is 0 Å². The topological polar surface area (TPSA) is 16.1 Å². The van der Waals surface area contributed by atoms with E-state index in [1.54, 1.807) is 0 Å². The Bertz CT molecular complexity index is 437. The highest BCUT2D eigenvalue weighted by atomic mass is 32.2. The molecule has 0 bridgehead atoms. The molecule has 0 aromatic carbocycles. The van der Waals surface area contributed by atoms with Gasteiger partial charge >= 0.3 is 0 Å². The Morgan fingerprint density at radius 2 is 2.19 bits per heavy atom. The monoisotopic (exact) mass is 324 g/mol. The summed E-state index contributed by atoms with van der Waals surface area (Å²) >= 11 is 4.14. The standard InChI is InChI=1S/C17H28N2S2/c1-14-15(2)18-8-7-17(14)21-11-5-10-20-13-16-6-4-9-19(3)12-16/h7-8,16H,4-6,9-13H2,1-3H3. The lowest BCUT2D eigenvalue weighted by molar-refractivity contribution is 0.224. The van der Waals surface area contributed by atoms with Gasteiger partial charge in [0.25, 0.3) is 0 Å². The van der Waals surface area contributed by atoms with E-state index in [1.165, 1.54) is 60.1 Å². The van der Waals surface area contributed by atoms with Crippen LogP contribution in [0.5, 0.6) is 0 Å². The number of aromatic nitrogens is 1. The predicted octanol–water partition coefficient (Wildman–Crippen LogP) is 4.26. The van der Waals surface area contributed by atoms with Gasteiger partial charge in [-0.2, -0.15) is 11.8 Å². The Hall–Kier alpha value is -0.190. The molecule has 0 saturated carbocycles. The van der Waals surface area contributed by atoms with Gasteiger partial charge in [-0.15, -0.1) is 11.8 Å². The van der Waals surface area contributed by atoms with Crippen LogP contribution in [0, 0.1) is 19.8 Å². The van der Waals surface area contributed by atoms with Crippen molar-refractivity contribution in [1.82, 2.24) is 9.88 Å². The van der Waals surface area contributed by atoms with E-state index in [9.17, 15) is 0 Å². The minimum atomic E-state index is 0.923. The van der Waals surface area contributed by atoms with Gasteiger partial charge in [-0.25, -0.2) is 0 Å². The van der Waals surface area contributed by atoms with E-state index >= 15 is 0 Å². The van der Waals surface area contributed by atoms with Gasteiger partial charge in [0.2, 0.25) is 0 Å². The number of thioether (sulfide) groups is 2. The molecular weight excluding hydrogens is 296 g/mol. The molecule has 21 heavy (non-hydrogen) atoms. The molecule has 118 valence electrons. The molecule has 1 fully saturated rings. The Morgan fingerprint density at radius 1 is 1.33 bits per heavy atom. The molecule has 1 aliphatic heterocycles. The SMILES string of the molecule is Cc1nccc(SCCCSCC2CCCN(C)C2)c1C. The number of rotatable bonds is 7. The van der Waals surface area contributed by atoms with Gasteiger partial charge in [-0.1, -0.05) is 0 Å². The molecule has 1 aromatic rings. The molecule has 0 aliphatic carbocycles. The molecule has 2 rings (SSSR count). The van der Waals surface area contributed by atoms with Crippen LogP contribution in [0.4, 0.5) is 0 Å². The molecule has 0 amide bonds. The lowest BCUT2D eigenvalue weighted by atomic mass is 10.0. The van der Waals surface area contributed by atoms with Crippen LogP contribution >= 0.6 is 23.5 Å². The van der Waals surface area contributed by atoms with Crippen molar-refractivity contribution >= 4 is 23.5 Å². The van der Waals surface area contributed by atoms with Crippen molar-refractivity contribution < 1.29 is 0 Å². The summed E-state index contributed by atoms with van der Waals surface area (Å²) in [6.45, 7) is 6.87. The minimum absolute atomic E-state index is 0.923. The fraction of sp³-hybridized carbons (Fsp3) is 0.706. The summed E-state index contributed by atoms with van der Waals surface area (Å²) in [5, 5.41) is 0. The molecule has 1 unspecified atom stereocenters. The second-order valence-corrected chi connectivity index (χ2v) is 8.35. The van der Waals surface area contributed by atoms with Crippen molar-refractivity contribution in [2.24, 2.45) is 5.92 Å². The highest BCUT2D eigenvalue weighted by Gasteiger charge is 2.16. The molecule has 2 nitrogen and oxygen atoms in total. The number of piperidine rings is 1. The van der Waals surface area contributed by atoms with Crippen LogP contribution < -0.4 is 0 Å². The summed E-state index contributed by atoms with van der Waals surface area (Å²) in [7, 11) is 2.26. The Labute approximate surface area is 138 Å². The zero-order valence-electron chi connectivity index (χ0n) is 13.6. The van der Waals surface area contributed by atoms with Crippen LogP contribution in [-0.4, -0.2) is 47.3 Å². The van der Waals surface area contributed by atoms with Crippen LogP contribution in [0.3, 0.4) is 0 Å². The molecule has 4 heteroatoms. The van der Waals surface area contributed by atoms with Crippen LogP contribution in [0.1, 0.15) is 30.5 Å². The van der Waals surface area contributed by atoms with Crippen molar-refractivity contribution in [3.8, 4) is 0 Å². The summed E-state index contributed by atoms with van der Waals surface area (Å²) in [5.41, 5.74) is 2.51. The van der Waals surface area contributed by atoms with E-state index < -0.39 is 0 Å². The molecule has 2 heterocycles. The lowest BCUT2D eigenvalue weighted by Crippen LogP contribution is -2.33. The largest absolute Gasteiger partial charge is 0.306 e. The number of likely N-dealkylation sites (tertiary alicyclic amines) is 1. The van der Waals surface area contributed by atoms with Crippen molar-refractivity contribution in [2.75, 3.05) is 37.4 Å². The van der Waals surface area contributed by atoms with Crippen molar-refractivity contribution in [3.05, 3.63) is 23.5 Å². The number of pyridine rings is 1. The maximum Gasteiger partial charge on any atom is 0.0412 e. The third kappa shape index (κ3) is 5.84. The summed E-state index contributed by atoms with van der Waals surface area (Å²) in [5.74, 6) is 4.80. The molecule has 0 N–H and O–H groups in total. The highest BCUT2D eigenvalue weighted by molar-refractivity contribution is 8.00. The zero-order valence-corrected chi connectivity index (χ0v) is 15.2. The second kappa shape index (κ2) is 9.06. The number of nitrogens with zero attached hydrogens (tertiary/aromatic N) is 2. The van der Waals surface area contributed by atoms with E-state index in [4.69, 9.17) is 0 Å². The number of hydrogen-bond acceptors (Lipinski definition) is 4. The molecule has 1 atom stereocenters. The summed E-state index contributed by atoms with van der Waals surface area (Å²) in [4.78, 5) is 8.22. The maximum absolute atomic E-state index is 4.33. The smallest absolute Gasteiger partial charge is 0.0412 e. The second-order valence-electron chi connectivity index (χ2n) is 6.07. The van der Waals surface area contributed by atoms with Gasteiger partial charge in [0.1, 0.15) is 0 Å². The number of hydrogen-bond donors (Lipinski definition) is 0. The first-order valence-electron chi connectivity index (χ1n) is 7.98. The first-order valence-corrected chi connectivity index (χ1v) is 10.1. The van der Waals surface area contributed by atoms with Gasteiger partial charge in [-0.05, 0) is 81.5 Å². The first-order chi connectivity index (χ1) is 10.2. The quantitative estimate of drug-likeness (QED) is 0.550. The van der Waals surface area contributed by atoms with E-state index in [-0.39, 0.29) is 0 Å². The van der Waals surface area contributed by atoms with Gasteiger partial charge in [0.15, 0.2) is 0 Å². The van der Waals surface area contributed by atoms with E-state index in [2.05, 4.69) is 48.6 Å². The molecule has 1 aliphatic rings. The Balaban J connectivity index is 1.57. The van der Waals surface area contributed by atoms with Gasteiger partial charge in [0, 0.05) is 23.3 Å². The van der Waals surface area contributed by atoms with Crippen molar-refractivity contribution in [2.45, 2.75) is 38.0 Å². The van der Waals surface area contributed by atoms with Crippen LogP contribution in [-0.2, 0) is 0 Å². The van der Waals surface area contributed by atoms with Crippen LogP contribution in [0.15, 0.2) is 17.2 Å². The molecule has 1 aromatic heterocycles. The molecule has 0 spiro atoms. The average molecular weight is 325 g/mol. The maximum atomic E-state index is 4.33. The van der Waals surface area contributed by atoms with E-state index in [1.807, 2.05) is 18.0 Å². The molecule has 0 radical (unpaired) electrons. The van der Waals surface area contributed by atoms with Crippen molar-refractivity contribution in [3.63, 3.8) is 0 Å². The molecular formula is C17H28N2S2. The van der Waals surface area contributed by atoms with Gasteiger partial charge < -0.3 is 4.90 Å². The third-order valence-corrected chi connectivity index (χ3v) is 6.70. The summed E-state index contributed by atoms with van der Waals surface area (Å²) in [6.07, 6.45) is 6.05. The zero-order chi connectivity index (χ0) is 15.1. The normalized spacial score (nSPS) is 19.9. The van der Waals surface area contributed by atoms with E-state index in [0.717, 1.165) is 11.6 Å². The molecule has 1 saturated heterocycles. The average Bonchev–Trinajstić information content (AvgIpc) is 2.47. The van der Waals surface area contributed by atoms with Crippen LogP contribution in [0.2, 0.25) is 0 Å². The summed E-state index contributed by atoms with van der Waals surface area (Å²) < 4.78 is 0. The van der Waals surface area contributed by atoms with Crippen molar-refractivity contribution in [1.29, 1.82) is 0 Å². The van der Waals surface area contributed by atoms with Gasteiger partial charge in [-0.3, -0.25) is 4.98 Å². The third-order valence-electron chi connectivity index (χ3n) is 4.17. The lowest BCUT2D eigenvalue weighted by Gasteiger charge is -2.29. The first kappa shape index (κ1) is 17.2. The summed E-state index contributed by atoms with van der Waals surface area (Å²) in [6, 6.07) is 2.15. The van der Waals surface area contributed by atoms with Gasteiger partial charge in [0.05, 0.1) is 0 Å². The number of aryl methyl sites for hydroxylation is 1. The Kier molecular flexibility index (Phi) is 7.41. The fourth-order valence-electron chi connectivity index (χ4n) is 2.78.